The van der Waals surface area contributed by atoms with Crippen molar-refractivity contribution in [3.63, 3.8) is 0 Å². The van der Waals surface area contributed by atoms with Crippen molar-refractivity contribution in [2.24, 2.45) is 11.3 Å². The second-order valence-corrected chi connectivity index (χ2v) is 7.73. The van der Waals surface area contributed by atoms with Gasteiger partial charge in [-0.15, -0.1) is 0 Å². The molecule has 0 bridgehead atoms. The standard InChI is InChI=1S/C15H31NOS/c1-15(2,3)13-7-4-5-8-14(13)16-9-12-18-11-6-10-17/h13-14,16-17H,4-12H2,1-3H3. The van der Waals surface area contributed by atoms with Crippen LogP contribution in [0.2, 0.25) is 0 Å². The molecule has 1 aliphatic rings. The fourth-order valence-electron chi connectivity index (χ4n) is 3.00. The van der Waals surface area contributed by atoms with E-state index in [0.29, 0.717) is 12.0 Å². The molecular formula is C15H31NOS. The SMILES string of the molecule is CC(C)(C)C1CCCCC1NCCSCCCO. The van der Waals surface area contributed by atoms with Gasteiger partial charge in [0.1, 0.15) is 0 Å². The van der Waals surface area contributed by atoms with Crippen LogP contribution in [0.5, 0.6) is 0 Å². The highest BCUT2D eigenvalue weighted by Crippen LogP contribution is 2.37. The van der Waals surface area contributed by atoms with E-state index in [9.17, 15) is 0 Å². The Kier molecular flexibility index (Phi) is 7.66. The van der Waals surface area contributed by atoms with Crippen LogP contribution in [0.3, 0.4) is 0 Å². The fraction of sp³-hybridized carbons (Fsp3) is 1.00. The lowest BCUT2D eigenvalue weighted by atomic mass is 9.69. The summed E-state index contributed by atoms with van der Waals surface area (Å²) in [7, 11) is 0. The Balaban J connectivity index is 2.21. The predicted molar refractivity (Wildman–Crippen MR) is 82.2 cm³/mol. The van der Waals surface area contributed by atoms with E-state index in [-0.39, 0.29) is 0 Å². The maximum atomic E-state index is 8.72. The van der Waals surface area contributed by atoms with Crippen LogP contribution in [0.1, 0.15) is 52.9 Å². The van der Waals surface area contributed by atoms with E-state index >= 15 is 0 Å². The molecule has 2 nitrogen and oxygen atoms in total. The van der Waals surface area contributed by atoms with Gasteiger partial charge in [0.15, 0.2) is 0 Å². The summed E-state index contributed by atoms with van der Waals surface area (Å²) >= 11 is 1.95. The Bertz CT molecular complexity index is 215. The average molecular weight is 273 g/mol. The summed E-state index contributed by atoms with van der Waals surface area (Å²) in [5.74, 6) is 3.09. The first-order valence-corrected chi connectivity index (χ1v) is 8.63. The normalized spacial score (nSPS) is 25.3. The molecule has 0 aliphatic heterocycles. The molecule has 3 heteroatoms. The van der Waals surface area contributed by atoms with Crippen molar-refractivity contribution in [1.29, 1.82) is 0 Å². The van der Waals surface area contributed by atoms with E-state index in [1.807, 2.05) is 11.8 Å². The Labute approximate surface area is 117 Å². The monoisotopic (exact) mass is 273 g/mol. The molecule has 1 rings (SSSR count). The zero-order chi connectivity index (χ0) is 13.4. The molecule has 2 N–H and O–H groups in total. The minimum atomic E-state index is 0.329. The first-order valence-electron chi connectivity index (χ1n) is 7.47. The Hall–Kier alpha value is 0.270. The van der Waals surface area contributed by atoms with Crippen LogP contribution in [0.25, 0.3) is 0 Å². The zero-order valence-electron chi connectivity index (χ0n) is 12.4. The maximum absolute atomic E-state index is 8.72. The van der Waals surface area contributed by atoms with Crippen LogP contribution in [-0.4, -0.2) is 35.8 Å². The molecule has 0 radical (unpaired) electrons. The topological polar surface area (TPSA) is 32.3 Å². The number of hydrogen-bond acceptors (Lipinski definition) is 3. The summed E-state index contributed by atoms with van der Waals surface area (Å²) in [5, 5.41) is 12.5. The van der Waals surface area contributed by atoms with E-state index in [1.54, 1.807) is 0 Å². The predicted octanol–water partition coefficient (Wildman–Crippen LogP) is 3.30. The number of aliphatic hydroxyl groups is 1. The van der Waals surface area contributed by atoms with Crippen LogP contribution < -0.4 is 5.32 Å². The van der Waals surface area contributed by atoms with E-state index < -0.39 is 0 Å². The number of nitrogens with one attached hydrogen (secondary N) is 1. The molecule has 18 heavy (non-hydrogen) atoms. The molecule has 0 aromatic heterocycles. The number of thioether (sulfide) groups is 1. The van der Waals surface area contributed by atoms with Crippen molar-refractivity contribution in [2.75, 3.05) is 24.7 Å². The van der Waals surface area contributed by atoms with Gasteiger partial charge in [-0.1, -0.05) is 33.6 Å². The third-order valence-corrected chi connectivity index (χ3v) is 5.05. The Morgan fingerprint density at radius 3 is 2.56 bits per heavy atom. The summed E-state index contributed by atoms with van der Waals surface area (Å²) in [6.45, 7) is 8.59. The van der Waals surface area contributed by atoms with Gasteiger partial charge in [-0.2, -0.15) is 11.8 Å². The van der Waals surface area contributed by atoms with Crippen molar-refractivity contribution >= 4 is 11.8 Å². The molecule has 0 saturated heterocycles. The van der Waals surface area contributed by atoms with Crippen molar-refractivity contribution in [1.82, 2.24) is 5.32 Å². The molecule has 1 fully saturated rings. The number of rotatable bonds is 7. The van der Waals surface area contributed by atoms with Crippen molar-refractivity contribution < 1.29 is 5.11 Å². The Morgan fingerprint density at radius 2 is 1.89 bits per heavy atom. The molecule has 0 amide bonds. The fourth-order valence-corrected chi connectivity index (χ4v) is 3.80. The largest absolute Gasteiger partial charge is 0.396 e. The lowest BCUT2D eigenvalue weighted by Crippen LogP contribution is -2.44. The maximum Gasteiger partial charge on any atom is 0.0438 e. The highest BCUT2D eigenvalue weighted by Gasteiger charge is 2.33. The van der Waals surface area contributed by atoms with Crippen molar-refractivity contribution in [3.8, 4) is 0 Å². The summed E-state index contributed by atoms with van der Waals surface area (Å²) in [6, 6.07) is 0.720. The third kappa shape index (κ3) is 5.94. The van der Waals surface area contributed by atoms with Gasteiger partial charge in [0.25, 0.3) is 0 Å². The molecule has 2 unspecified atom stereocenters. The van der Waals surface area contributed by atoms with Crippen LogP contribution in [0.15, 0.2) is 0 Å². The van der Waals surface area contributed by atoms with Gasteiger partial charge in [-0.25, -0.2) is 0 Å². The van der Waals surface area contributed by atoms with E-state index in [4.69, 9.17) is 5.11 Å². The van der Waals surface area contributed by atoms with Gasteiger partial charge < -0.3 is 10.4 Å². The first-order chi connectivity index (χ1) is 8.55. The van der Waals surface area contributed by atoms with Crippen molar-refractivity contribution in [2.45, 2.75) is 58.9 Å². The van der Waals surface area contributed by atoms with Gasteiger partial charge in [0.2, 0.25) is 0 Å². The number of aliphatic hydroxyl groups excluding tert-OH is 1. The quantitative estimate of drug-likeness (QED) is 0.698. The van der Waals surface area contributed by atoms with Crippen LogP contribution in [0, 0.1) is 11.3 Å². The minimum Gasteiger partial charge on any atom is -0.396 e. The molecule has 0 heterocycles. The lowest BCUT2D eigenvalue weighted by molar-refractivity contribution is 0.132. The average Bonchev–Trinajstić information content (AvgIpc) is 2.33. The van der Waals surface area contributed by atoms with Gasteiger partial charge in [0, 0.05) is 24.9 Å². The van der Waals surface area contributed by atoms with E-state index in [1.165, 1.54) is 31.4 Å². The molecule has 0 spiro atoms. The highest BCUT2D eigenvalue weighted by molar-refractivity contribution is 7.99. The molecule has 1 aliphatic carbocycles. The van der Waals surface area contributed by atoms with Crippen LogP contribution >= 0.6 is 11.8 Å². The van der Waals surface area contributed by atoms with Gasteiger partial charge in [-0.3, -0.25) is 0 Å². The first kappa shape index (κ1) is 16.3. The second kappa shape index (κ2) is 8.44. The van der Waals surface area contributed by atoms with Gasteiger partial charge in [0.05, 0.1) is 0 Å². The molecule has 108 valence electrons. The molecule has 1 saturated carbocycles. The summed E-state index contributed by atoms with van der Waals surface area (Å²) < 4.78 is 0. The smallest absolute Gasteiger partial charge is 0.0438 e. The number of hydrogen-bond donors (Lipinski definition) is 2. The molecular weight excluding hydrogens is 242 g/mol. The Morgan fingerprint density at radius 1 is 1.17 bits per heavy atom. The molecule has 2 atom stereocenters. The second-order valence-electron chi connectivity index (χ2n) is 6.51. The molecule has 0 aromatic carbocycles. The van der Waals surface area contributed by atoms with Gasteiger partial charge in [-0.05, 0) is 36.3 Å². The van der Waals surface area contributed by atoms with Crippen molar-refractivity contribution in [3.05, 3.63) is 0 Å². The van der Waals surface area contributed by atoms with E-state index in [0.717, 1.165) is 30.7 Å². The summed E-state index contributed by atoms with van der Waals surface area (Å²) in [4.78, 5) is 0. The minimum absolute atomic E-state index is 0.329. The van der Waals surface area contributed by atoms with Crippen LogP contribution in [0.4, 0.5) is 0 Å². The molecule has 0 aromatic rings. The summed E-state index contributed by atoms with van der Waals surface area (Å²) in [6.07, 6.45) is 6.47. The van der Waals surface area contributed by atoms with E-state index in [2.05, 4.69) is 26.1 Å². The zero-order valence-corrected chi connectivity index (χ0v) is 13.2. The third-order valence-electron chi connectivity index (χ3n) is 3.98. The highest BCUT2D eigenvalue weighted by atomic mass is 32.2. The van der Waals surface area contributed by atoms with Crippen LogP contribution in [-0.2, 0) is 0 Å². The lowest BCUT2D eigenvalue weighted by Gasteiger charge is -2.41. The van der Waals surface area contributed by atoms with Gasteiger partial charge >= 0.3 is 0 Å². The summed E-state index contributed by atoms with van der Waals surface area (Å²) in [5.41, 5.74) is 0.433.